The van der Waals surface area contributed by atoms with E-state index in [0.29, 0.717) is 60.2 Å². The molecule has 2 aromatic heterocycles. The SMILES string of the molecule is COc1cccc(-n2nnc3c(N4CCN(C(=O)c5ccc(OC)cc5OC)CC4)ncnc32)c1. The fourth-order valence-electron chi connectivity index (χ4n) is 4.15. The molecule has 0 atom stereocenters. The normalized spacial score (nSPS) is 13.7. The smallest absolute Gasteiger partial charge is 0.257 e. The summed E-state index contributed by atoms with van der Waals surface area (Å²) in [5.74, 6) is 2.45. The number of carbonyl (C=O) groups is 1. The van der Waals surface area contributed by atoms with Gasteiger partial charge in [-0.3, -0.25) is 4.79 Å². The highest BCUT2D eigenvalue weighted by molar-refractivity contribution is 5.97. The van der Waals surface area contributed by atoms with E-state index in [1.807, 2.05) is 29.2 Å². The summed E-state index contributed by atoms with van der Waals surface area (Å²) in [6, 6.07) is 12.7. The van der Waals surface area contributed by atoms with Gasteiger partial charge in [0.25, 0.3) is 5.91 Å². The van der Waals surface area contributed by atoms with Crippen molar-refractivity contribution < 1.29 is 19.0 Å². The van der Waals surface area contributed by atoms with Crippen molar-refractivity contribution >= 4 is 22.9 Å². The first kappa shape index (κ1) is 22.4. The Hall–Kier alpha value is -4.41. The predicted molar refractivity (Wildman–Crippen MR) is 129 cm³/mol. The summed E-state index contributed by atoms with van der Waals surface area (Å²) < 4.78 is 17.6. The standard InChI is InChI=1S/C24H25N7O4/c1-33-17-6-4-5-16(13-17)31-23-21(27-28-31)22(25-15-26-23)29-9-11-30(12-10-29)24(32)19-8-7-18(34-2)14-20(19)35-3/h4-8,13-15H,9-12H2,1-3H3. The summed E-state index contributed by atoms with van der Waals surface area (Å²) in [7, 11) is 4.74. The van der Waals surface area contributed by atoms with Gasteiger partial charge in [0, 0.05) is 38.3 Å². The fourth-order valence-corrected chi connectivity index (χ4v) is 4.15. The highest BCUT2D eigenvalue weighted by Gasteiger charge is 2.27. The Balaban J connectivity index is 1.35. The van der Waals surface area contributed by atoms with Gasteiger partial charge < -0.3 is 24.0 Å². The number of rotatable bonds is 6. The number of hydrogen-bond acceptors (Lipinski definition) is 9. The van der Waals surface area contributed by atoms with Gasteiger partial charge in [0.1, 0.15) is 23.6 Å². The maximum absolute atomic E-state index is 13.2. The van der Waals surface area contributed by atoms with Crippen LogP contribution < -0.4 is 19.1 Å². The van der Waals surface area contributed by atoms with Gasteiger partial charge in [0.05, 0.1) is 32.6 Å². The van der Waals surface area contributed by atoms with Gasteiger partial charge in [-0.1, -0.05) is 11.3 Å². The number of ether oxygens (including phenoxy) is 3. The van der Waals surface area contributed by atoms with Gasteiger partial charge in [-0.25, -0.2) is 9.97 Å². The van der Waals surface area contributed by atoms with Crippen LogP contribution in [-0.4, -0.2) is 83.3 Å². The Kier molecular flexibility index (Phi) is 6.04. The zero-order valence-corrected chi connectivity index (χ0v) is 19.7. The summed E-state index contributed by atoms with van der Waals surface area (Å²) >= 11 is 0. The zero-order chi connectivity index (χ0) is 24.4. The number of hydrogen-bond donors (Lipinski definition) is 0. The van der Waals surface area contributed by atoms with E-state index < -0.39 is 0 Å². The molecule has 1 amide bonds. The summed E-state index contributed by atoms with van der Waals surface area (Å²) in [6.45, 7) is 2.26. The quantitative estimate of drug-likeness (QED) is 0.415. The van der Waals surface area contributed by atoms with Crippen LogP contribution in [0.2, 0.25) is 0 Å². The largest absolute Gasteiger partial charge is 0.497 e. The molecule has 1 saturated heterocycles. The van der Waals surface area contributed by atoms with E-state index in [2.05, 4.69) is 25.2 Å². The highest BCUT2D eigenvalue weighted by atomic mass is 16.5. The lowest BCUT2D eigenvalue weighted by molar-refractivity contribution is 0.0743. The number of fused-ring (bicyclic) bond motifs is 1. The van der Waals surface area contributed by atoms with E-state index in [-0.39, 0.29) is 5.91 Å². The Morgan fingerprint density at radius 1 is 0.886 bits per heavy atom. The topological polar surface area (TPSA) is 108 Å². The lowest BCUT2D eigenvalue weighted by Gasteiger charge is -2.35. The van der Waals surface area contributed by atoms with E-state index in [4.69, 9.17) is 14.2 Å². The lowest BCUT2D eigenvalue weighted by atomic mass is 10.1. The molecule has 4 aromatic rings. The number of anilines is 1. The molecule has 0 N–H and O–H groups in total. The van der Waals surface area contributed by atoms with Crippen LogP contribution in [0.4, 0.5) is 5.82 Å². The lowest BCUT2D eigenvalue weighted by Crippen LogP contribution is -2.49. The van der Waals surface area contributed by atoms with E-state index >= 15 is 0 Å². The van der Waals surface area contributed by atoms with Crippen LogP contribution in [-0.2, 0) is 0 Å². The highest BCUT2D eigenvalue weighted by Crippen LogP contribution is 2.28. The molecule has 1 aliphatic rings. The van der Waals surface area contributed by atoms with E-state index in [1.165, 1.54) is 6.33 Å². The van der Waals surface area contributed by atoms with Crippen molar-refractivity contribution in [2.24, 2.45) is 0 Å². The first-order valence-corrected chi connectivity index (χ1v) is 11.1. The average molecular weight is 476 g/mol. The minimum Gasteiger partial charge on any atom is -0.497 e. The molecule has 1 fully saturated rings. The molecule has 2 aromatic carbocycles. The third-order valence-electron chi connectivity index (χ3n) is 6.02. The number of methoxy groups -OCH3 is 3. The Bertz CT molecular complexity index is 1370. The van der Waals surface area contributed by atoms with Crippen LogP contribution in [0.15, 0.2) is 48.8 Å². The minimum atomic E-state index is -0.0824. The number of carbonyl (C=O) groups excluding carboxylic acids is 1. The van der Waals surface area contributed by atoms with Crippen LogP contribution in [0.3, 0.4) is 0 Å². The van der Waals surface area contributed by atoms with E-state index in [9.17, 15) is 4.79 Å². The molecule has 0 bridgehead atoms. The molecule has 0 radical (unpaired) electrons. The number of piperazine rings is 1. The van der Waals surface area contributed by atoms with Crippen molar-refractivity contribution in [3.8, 4) is 22.9 Å². The van der Waals surface area contributed by atoms with Gasteiger partial charge in [-0.05, 0) is 24.3 Å². The molecule has 11 heteroatoms. The van der Waals surface area contributed by atoms with Crippen LogP contribution in [0.5, 0.6) is 17.2 Å². The number of nitrogens with zero attached hydrogens (tertiary/aromatic N) is 7. The van der Waals surface area contributed by atoms with Crippen molar-refractivity contribution in [2.45, 2.75) is 0 Å². The van der Waals surface area contributed by atoms with Crippen LogP contribution in [0, 0.1) is 0 Å². The molecule has 1 aliphatic heterocycles. The maximum Gasteiger partial charge on any atom is 0.257 e. The Morgan fingerprint density at radius 2 is 1.66 bits per heavy atom. The molecular weight excluding hydrogens is 450 g/mol. The molecule has 5 rings (SSSR count). The minimum absolute atomic E-state index is 0.0824. The second-order valence-corrected chi connectivity index (χ2v) is 7.92. The van der Waals surface area contributed by atoms with Crippen LogP contribution in [0.1, 0.15) is 10.4 Å². The van der Waals surface area contributed by atoms with Crippen molar-refractivity contribution in [2.75, 3.05) is 52.4 Å². The van der Waals surface area contributed by atoms with Gasteiger partial charge in [0.15, 0.2) is 17.0 Å². The third kappa shape index (κ3) is 4.16. The Labute approximate surface area is 201 Å². The summed E-state index contributed by atoms with van der Waals surface area (Å²) in [6.07, 6.45) is 1.51. The monoisotopic (exact) mass is 475 g/mol. The number of aromatic nitrogens is 5. The van der Waals surface area contributed by atoms with Crippen molar-refractivity contribution in [3.63, 3.8) is 0 Å². The van der Waals surface area contributed by atoms with Crippen LogP contribution >= 0.6 is 0 Å². The summed E-state index contributed by atoms with van der Waals surface area (Å²) in [5, 5.41) is 8.67. The molecule has 0 spiro atoms. The molecule has 11 nitrogen and oxygen atoms in total. The van der Waals surface area contributed by atoms with E-state index in [1.54, 1.807) is 44.2 Å². The van der Waals surface area contributed by atoms with Gasteiger partial charge in [-0.15, -0.1) is 5.10 Å². The predicted octanol–water partition coefficient (Wildman–Crippen LogP) is 2.20. The first-order valence-electron chi connectivity index (χ1n) is 11.1. The number of amides is 1. The molecule has 0 saturated carbocycles. The third-order valence-corrected chi connectivity index (χ3v) is 6.02. The maximum atomic E-state index is 13.2. The first-order chi connectivity index (χ1) is 17.1. The number of benzene rings is 2. The van der Waals surface area contributed by atoms with Crippen LogP contribution in [0.25, 0.3) is 16.9 Å². The molecule has 35 heavy (non-hydrogen) atoms. The van der Waals surface area contributed by atoms with E-state index in [0.717, 1.165) is 11.4 Å². The van der Waals surface area contributed by atoms with Gasteiger partial charge in [-0.2, -0.15) is 4.68 Å². The summed E-state index contributed by atoms with van der Waals surface area (Å²) in [4.78, 5) is 26.0. The molecule has 180 valence electrons. The fraction of sp³-hybridized carbons (Fsp3) is 0.292. The van der Waals surface area contributed by atoms with Crippen molar-refractivity contribution in [3.05, 3.63) is 54.4 Å². The van der Waals surface area contributed by atoms with Crippen molar-refractivity contribution in [1.29, 1.82) is 0 Å². The Morgan fingerprint density at radius 3 is 2.40 bits per heavy atom. The zero-order valence-electron chi connectivity index (χ0n) is 19.7. The molecular formula is C24H25N7O4. The van der Waals surface area contributed by atoms with Gasteiger partial charge >= 0.3 is 0 Å². The van der Waals surface area contributed by atoms with Crippen molar-refractivity contribution in [1.82, 2.24) is 29.9 Å². The molecule has 0 aliphatic carbocycles. The molecule has 0 unspecified atom stereocenters. The second-order valence-electron chi connectivity index (χ2n) is 7.92. The van der Waals surface area contributed by atoms with Gasteiger partial charge in [0.2, 0.25) is 0 Å². The summed E-state index contributed by atoms with van der Waals surface area (Å²) in [5.41, 5.74) is 2.50. The molecule has 3 heterocycles. The second kappa shape index (κ2) is 9.45. The average Bonchev–Trinajstić information content (AvgIpc) is 3.37.